The largest absolute Gasteiger partial charge is 0.394 e. The molecule has 0 aliphatic carbocycles. The minimum Gasteiger partial charge on any atom is -0.394 e. The maximum atomic E-state index is 11.6. The molecule has 9 nitrogen and oxygen atoms in total. The normalized spacial score (nSPS) is 14.7. The van der Waals surface area contributed by atoms with Crippen LogP contribution in [-0.2, 0) is 4.74 Å². The monoisotopic (exact) mass is 269 g/mol. The topological polar surface area (TPSA) is 128 Å². The summed E-state index contributed by atoms with van der Waals surface area (Å²) in [5, 5.41) is 18.3. The lowest BCUT2D eigenvalue weighted by atomic mass is 10.4. The highest BCUT2D eigenvalue weighted by molar-refractivity contribution is 5.34. The number of aliphatic hydroxyl groups excluding tert-OH is 2. The molecule has 0 saturated heterocycles. The van der Waals surface area contributed by atoms with Crippen molar-refractivity contribution >= 4 is 11.7 Å². The number of anilines is 1. The molecule has 0 spiro atoms. The maximum Gasteiger partial charge on any atom is 0.357 e. The van der Waals surface area contributed by atoms with Gasteiger partial charge >= 0.3 is 5.69 Å². The number of hydrogen-bond acceptors (Lipinski definition) is 7. The zero-order valence-electron chi connectivity index (χ0n) is 10.3. The van der Waals surface area contributed by atoms with Crippen LogP contribution >= 0.6 is 0 Å². The first-order valence-corrected chi connectivity index (χ1v) is 5.66. The lowest BCUT2D eigenvalue weighted by molar-refractivity contribution is -0.0871. The van der Waals surface area contributed by atoms with Crippen molar-refractivity contribution in [2.45, 2.75) is 19.3 Å². The van der Waals surface area contributed by atoms with Crippen molar-refractivity contribution in [2.24, 2.45) is 0 Å². The molecule has 2 aromatic rings. The minimum atomic E-state index is -0.777. The van der Waals surface area contributed by atoms with Crippen LogP contribution in [0.5, 0.6) is 0 Å². The fourth-order valence-corrected chi connectivity index (χ4v) is 1.67. The Hall–Kier alpha value is -1.97. The average molecular weight is 269 g/mol. The number of fused-ring (bicyclic) bond motifs is 1. The highest BCUT2D eigenvalue weighted by Crippen LogP contribution is 2.14. The van der Waals surface area contributed by atoms with Gasteiger partial charge in [-0.1, -0.05) is 0 Å². The first kappa shape index (κ1) is 13.5. The first-order chi connectivity index (χ1) is 9.06. The molecule has 4 N–H and O–H groups in total. The molecule has 0 amide bonds. The molecule has 0 aliphatic rings. The maximum absolute atomic E-state index is 11.6. The van der Waals surface area contributed by atoms with Crippen molar-refractivity contribution in [3.8, 4) is 0 Å². The number of rotatable bonds is 5. The van der Waals surface area contributed by atoms with E-state index < -0.39 is 18.0 Å². The smallest absolute Gasteiger partial charge is 0.357 e. The van der Waals surface area contributed by atoms with Crippen molar-refractivity contribution in [1.29, 1.82) is 0 Å². The van der Waals surface area contributed by atoms with Crippen LogP contribution in [0.4, 0.5) is 5.95 Å². The van der Waals surface area contributed by atoms with Crippen molar-refractivity contribution < 1.29 is 14.9 Å². The molecule has 9 heteroatoms. The van der Waals surface area contributed by atoms with E-state index in [1.54, 1.807) is 6.92 Å². The molecule has 2 atom stereocenters. The molecular formula is C10H15N5O4. The van der Waals surface area contributed by atoms with Gasteiger partial charge in [0.05, 0.1) is 19.3 Å². The number of ether oxygens (including phenoxy) is 1. The second-order valence-corrected chi connectivity index (χ2v) is 4.01. The summed E-state index contributed by atoms with van der Waals surface area (Å²) < 4.78 is 8.06. The van der Waals surface area contributed by atoms with E-state index in [2.05, 4.69) is 9.97 Å². The van der Waals surface area contributed by atoms with Gasteiger partial charge in [-0.25, -0.2) is 9.20 Å². The van der Waals surface area contributed by atoms with E-state index in [-0.39, 0.29) is 24.9 Å². The third kappa shape index (κ3) is 2.57. The van der Waals surface area contributed by atoms with Crippen LogP contribution in [0.1, 0.15) is 13.2 Å². The third-order valence-electron chi connectivity index (χ3n) is 2.57. The quantitative estimate of drug-likeness (QED) is 0.594. The summed E-state index contributed by atoms with van der Waals surface area (Å²) >= 11 is 0. The predicted molar refractivity (Wildman–Crippen MR) is 65.4 cm³/mol. The number of nitrogens with zero attached hydrogens (tertiary/aromatic N) is 4. The van der Waals surface area contributed by atoms with Crippen LogP contribution in [-0.4, -0.2) is 48.5 Å². The van der Waals surface area contributed by atoms with E-state index in [0.29, 0.717) is 0 Å². The Morgan fingerprint density at radius 1 is 1.37 bits per heavy atom. The van der Waals surface area contributed by atoms with Crippen LogP contribution in [0.2, 0.25) is 0 Å². The zero-order chi connectivity index (χ0) is 14.0. The summed E-state index contributed by atoms with van der Waals surface area (Å²) in [6.07, 6.45) is 1.73. The number of imidazole rings is 1. The fraction of sp³-hybridized carbons (Fsp3) is 0.500. The predicted octanol–water partition coefficient (Wildman–Crippen LogP) is -1.64. The summed E-state index contributed by atoms with van der Waals surface area (Å²) in [4.78, 5) is 19.0. The van der Waals surface area contributed by atoms with E-state index in [0.717, 1.165) is 0 Å². The highest BCUT2D eigenvalue weighted by Gasteiger charge is 2.17. The molecule has 0 bridgehead atoms. The van der Waals surface area contributed by atoms with E-state index >= 15 is 0 Å². The van der Waals surface area contributed by atoms with Gasteiger partial charge in [0.15, 0.2) is 6.23 Å². The van der Waals surface area contributed by atoms with Crippen molar-refractivity contribution in [2.75, 3.05) is 18.9 Å². The number of nitrogens with two attached hydrogens (primary N) is 1. The Kier molecular flexibility index (Phi) is 3.79. The summed E-state index contributed by atoms with van der Waals surface area (Å²) in [5.41, 5.74) is 4.87. The van der Waals surface area contributed by atoms with Gasteiger partial charge in [-0.05, 0) is 6.92 Å². The third-order valence-corrected chi connectivity index (χ3v) is 2.57. The molecule has 2 rings (SSSR count). The molecule has 104 valence electrons. The molecular weight excluding hydrogens is 254 g/mol. The number of aliphatic hydroxyl groups is 2. The second kappa shape index (κ2) is 5.34. The van der Waals surface area contributed by atoms with Gasteiger partial charge in [0.25, 0.3) is 0 Å². The van der Waals surface area contributed by atoms with E-state index in [4.69, 9.17) is 15.6 Å². The molecule has 2 unspecified atom stereocenters. The average Bonchev–Trinajstić information content (AvgIpc) is 2.79. The Labute approximate surface area is 107 Å². The van der Waals surface area contributed by atoms with Crippen molar-refractivity contribution in [3.63, 3.8) is 0 Å². The number of nitrogen functional groups attached to an aromatic ring is 1. The van der Waals surface area contributed by atoms with Gasteiger partial charge in [-0.15, -0.1) is 0 Å². The van der Waals surface area contributed by atoms with Crippen molar-refractivity contribution in [3.05, 3.63) is 22.9 Å². The van der Waals surface area contributed by atoms with Gasteiger partial charge in [-0.2, -0.15) is 9.97 Å². The van der Waals surface area contributed by atoms with Crippen molar-refractivity contribution in [1.82, 2.24) is 18.9 Å². The Bertz CT molecular complexity index is 622. The number of aromatic nitrogens is 4. The van der Waals surface area contributed by atoms with Gasteiger partial charge in [0.2, 0.25) is 11.7 Å². The zero-order valence-corrected chi connectivity index (χ0v) is 10.3. The van der Waals surface area contributed by atoms with E-state index in [9.17, 15) is 9.90 Å². The summed E-state index contributed by atoms with van der Waals surface area (Å²) in [6, 6.07) is 0. The fourth-order valence-electron chi connectivity index (χ4n) is 1.67. The summed E-state index contributed by atoms with van der Waals surface area (Å²) in [7, 11) is 0. The van der Waals surface area contributed by atoms with Gasteiger partial charge in [0.1, 0.15) is 0 Å². The molecule has 0 aromatic carbocycles. The summed E-state index contributed by atoms with van der Waals surface area (Å²) in [6.45, 7) is 1.13. The van der Waals surface area contributed by atoms with Crippen LogP contribution in [0, 0.1) is 0 Å². The molecule has 0 saturated carbocycles. The first-order valence-electron chi connectivity index (χ1n) is 5.66. The van der Waals surface area contributed by atoms with Crippen LogP contribution < -0.4 is 11.4 Å². The minimum absolute atomic E-state index is 0.156. The second-order valence-electron chi connectivity index (χ2n) is 4.01. The van der Waals surface area contributed by atoms with Gasteiger partial charge in [0, 0.05) is 12.4 Å². The molecule has 0 radical (unpaired) electrons. The standard InChI is InChI=1S/C10H15N5O4/c1-6(4-16)19-7(5-17)14-2-3-15-9(14)12-8(11)13-10(15)18/h2-3,6-7,16-17H,4-5H2,1H3,(H2,11,13,18). The Balaban J connectivity index is 2.46. The molecule has 2 heterocycles. The van der Waals surface area contributed by atoms with Crippen LogP contribution in [0.15, 0.2) is 17.2 Å². The Morgan fingerprint density at radius 2 is 2.11 bits per heavy atom. The van der Waals surface area contributed by atoms with Gasteiger partial charge in [-0.3, -0.25) is 4.57 Å². The molecule has 2 aromatic heterocycles. The summed E-state index contributed by atoms with van der Waals surface area (Å²) in [5.74, 6) is 0.0542. The van der Waals surface area contributed by atoms with Crippen LogP contribution in [0.25, 0.3) is 5.78 Å². The lowest BCUT2D eigenvalue weighted by Crippen LogP contribution is -2.26. The number of hydrogen-bond donors (Lipinski definition) is 3. The SMILES string of the molecule is CC(CO)OC(CO)n1ccn2c(=O)nc(N)nc12. The molecule has 0 aliphatic heterocycles. The van der Waals surface area contributed by atoms with E-state index in [1.165, 1.54) is 21.4 Å². The van der Waals surface area contributed by atoms with E-state index in [1.807, 2.05) is 0 Å². The van der Waals surface area contributed by atoms with Gasteiger partial charge < -0.3 is 20.7 Å². The molecule has 0 fully saturated rings. The molecule has 19 heavy (non-hydrogen) atoms. The lowest BCUT2D eigenvalue weighted by Gasteiger charge is -2.20. The Morgan fingerprint density at radius 3 is 2.74 bits per heavy atom. The highest BCUT2D eigenvalue weighted by atomic mass is 16.5. The van der Waals surface area contributed by atoms with Crippen LogP contribution in [0.3, 0.4) is 0 Å².